The van der Waals surface area contributed by atoms with Crippen LogP contribution >= 0.6 is 12.6 Å². The Hall–Kier alpha value is 0.270. The first kappa shape index (κ1) is 13.7. The van der Waals surface area contributed by atoms with Gasteiger partial charge < -0.3 is 9.80 Å². The average Bonchev–Trinajstić information content (AvgIpc) is 2.58. The standard InChI is InChI=1S/C14H28N2S/c1-15-8-10-16(11-9-15)12-14(13-17)6-4-2-3-5-7-14/h17H,2-13H2,1H3. The van der Waals surface area contributed by atoms with E-state index < -0.39 is 0 Å². The second kappa shape index (κ2) is 6.44. The molecule has 17 heavy (non-hydrogen) atoms. The largest absolute Gasteiger partial charge is 0.304 e. The molecular formula is C14H28N2S. The number of thiol groups is 1. The predicted octanol–water partition coefficient (Wildman–Crippen LogP) is 2.50. The van der Waals surface area contributed by atoms with Gasteiger partial charge in [0, 0.05) is 32.7 Å². The van der Waals surface area contributed by atoms with Crippen LogP contribution in [0.25, 0.3) is 0 Å². The van der Waals surface area contributed by atoms with Crippen molar-refractivity contribution in [1.29, 1.82) is 0 Å². The molecule has 100 valence electrons. The monoisotopic (exact) mass is 256 g/mol. The molecule has 0 aromatic heterocycles. The molecule has 1 saturated heterocycles. The Labute approximate surface area is 112 Å². The molecule has 1 aliphatic heterocycles. The van der Waals surface area contributed by atoms with Gasteiger partial charge in [-0.15, -0.1) is 0 Å². The summed E-state index contributed by atoms with van der Waals surface area (Å²) in [6, 6.07) is 0. The van der Waals surface area contributed by atoms with Crippen molar-refractivity contribution >= 4 is 12.6 Å². The molecule has 0 aromatic rings. The fourth-order valence-electron chi connectivity index (χ4n) is 3.33. The van der Waals surface area contributed by atoms with Gasteiger partial charge in [0.2, 0.25) is 0 Å². The molecule has 2 nitrogen and oxygen atoms in total. The summed E-state index contributed by atoms with van der Waals surface area (Å²) in [5.74, 6) is 1.08. The van der Waals surface area contributed by atoms with Crippen molar-refractivity contribution < 1.29 is 0 Å². The van der Waals surface area contributed by atoms with E-state index in [1.807, 2.05) is 0 Å². The quantitative estimate of drug-likeness (QED) is 0.612. The third-order valence-electron chi connectivity index (χ3n) is 4.65. The summed E-state index contributed by atoms with van der Waals surface area (Å²) in [5, 5.41) is 0. The minimum absolute atomic E-state index is 0.523. The number of hydrogen-bond donors (Lipinski definition) is 1. The van der Waals surface area contributed by atoms with Gasteiger partial charge in [-0.2, -0.15) is 12.6 Å². The minimum atomic E-state index is 0.523. The normalized spacial score (nSPS) is 27.9. The van der Waals surface area contributed by atoms with Crippen LogP contribution in [0.1, 0.15) is 38.5 Å². The second-order valence-electron chi connectivity index (χ2n) is 6.15. The van der Waals surface area contributed by atoms with Crippen LogP contribution < -0.4 is 0 Å². The van der Waals surface area contributed by atoms with Crippen molar-refractivity contribution in [1.82, 2.24) is 9.80 Å². The third-order valence-corrected chi connectivity index (χ3v) is 5.33. The van der Waals surface area contributed by atoms with Crippen LogP contribution in [0.2, 0.25) is 0 Å². The molecule has 3 heteroatoms. The highest BCUT2D eigenvalue weighted by Gasteiger charge is 2.32. The van der Waals surface area contributed by atoms with Gasteiger partial charge in [-0.1, -0.05) is 25.7 Å². The van der Waals surface area contributed by atoms with Crippen LogP contribution in [-0.4, -0.2) is 55.3 Å². The van der Waals surface area contributed by atoms with E-state index in [4.69, 9.17) is 0 Å². The molecular weight excluding hydrogens is 228 g/mol. The SMILES string of the molecule is CN1CCN(CC2(CS)CCCCCC2)CC1. The zero-order valence-corrected chi connectivity index (χ0v) is 12.2. The van der Waals surface area contributed by atoms with Gasteiger partial charge in [-0.05, 0) is 31.1 Å². The van der Waals surface area contributed by atoms with E-state index in [1.54, 1.807) is 0 Å². The Bertz CT molecular complexity index is 216. The maximum absolute atomic E-state index is 4.68. The van der Waals surface area contributed by atoms with E-state index in [-0.39, 0.29) is 0 Å². The lowest BCUT2D eigenvalue weighted by atomic mass is 9.81. The van der Waals surface area contributed by atoms with Gasteiger partial charge in [-0.25, -0.2) is 0 Å². The van der Waals surface area contributed by atoms with Crippen LogP contribution in [0.15, 0.2) is 0 Å². The number of hydrogen-bond acceptors (Lipinski definition) is 3. The molecule has 0 amide bonds. The molecule has 1 aliphatic carbocycles. The predicted molar refractivity (Wildman–Crippen MR) is 77.9 cm³/mol. The molecule has 0 atom stereocenters. The number of rotatable bonds is 3. The molecule has 0 N–H and O–H groups in total. The van der Waals surface area contributed by atoms with Gasteiger partial charge in [-0.3, -0.25) is 0 Å². The summed E-state index contributed by atoms with van der Waals surface area (Å²) in [4.78, 5) is 5.12. The maximum Gasteiger partial charge on any atom is 0.0110 e. The Morgan fingerprint density at radius 1 is 0.941 bits per heavy atom. The van der Waals surface area contributed by atoms with Crippen LogP contribution in [0, 0.1) is 5.41 Å². The fraction of sp³-hybridized carbons (Fsp3) is 1.00. The highest BCUT2D eigenvalue weighted by molar-refractivity contribution is 7.80. The van der Waals surface area contributed by atoms with E-state index in [2.05, 4.69) is 29.5 Å². The number of piperazine rings is 1. The zero-order chi connectivity index (χ0) is 12.1. The molecule has 0 spiro atoms. The zero-order valence-electron chi connectivity index (χ0n) is 11.3. The molecule has 0 unspecified atom stereocenters. The first-order valence-corrected chi connectivity index (χ1v) is 7.89. The van der Waals surface area contributed by atoms with E-state index in [9.17, 15) is 0 Å². The number of nitrogens with zero attached hydrogens (tertiary/aromatic N) is 2. The topological polar surface area (TPSA) is 6.48 Å². The van der Waals surface area contributed by atoms with E-state index in [0.717, 1.165) is 5.75 Å². The lowest BCUT2D eigenvalue weighted by Crippen LogP contribution is -2.49. The first-order valence-electron chi connectivity index (χ1n) is 7.26. The van der Waals surface area contributed by atoms with Crippen molar-refractivity contribution in [2.45, 2.75) is 38.5 Å². The van der Waals surface area contributed by atoms with Gasteiger partial charge in [0.05, 0.1) is 0 Å². The van der Waals surface area contributed by atoms with Gasteiger partial charge >= 0.3 is 0 Å². The van der Waals surface area contributed by atoms with Gasteiger partial charge in [0.15, 0.2) is 0 Å². The maximum atomic E-state index is 4.68. The van der Waals surface area contributed by atoms with Gasteiger partial charge in [0.25, 0.3) is 0 Å². The second-order valence-corrected chi connectivity index (χ2v) is 6.47. The molecule has 0 bridgehead atoms. The molecule has 1 saturated carbocycles. The first-order chi connectivity index (χ1) is 8.24. The average molecular weight is 256 g/mol. The Morgan fingerprint density at radius 3 is 2.06 bits per heavy atom. The van der Waals surface area contributed by atoms with Crippen molar-refractivity contribution in [3.63, 3.8) is 0 Å². The summed E-state index contributed by atoms with van der Waals surface area (Å²) >= 11 is 4.68. The molecule has 0 radical (unpaired) electrons. The summed E-state index contributed by atoms with van der Waals surface area (Å²) < 4.78 is 0. The van der Waals surface area contributed by atoms with Crippen LogP contribution in [0.5, 0.6) is 0 Å². The highest BCUT2D eigenvalue weighted by Crippen LogP contribution is 2.37. The summed E-state index contributed by atoms with van der Waals surface area (Å²) in [5.41, 5.74) is 0.523. The molecule has 2 rings (SSSR count). The lowest BCUT2D eigenvalue weighted by molar-refractivity contribution is 0.0973. The van der Waals surface area contributed by atoms with Crippen molar-refractivity contribution in [2.24, 2.45) is 5.41 Å². The van der Waals surface area contributed by atoms with Crippen molar-refractivity contribution in [2.75, 3.05) is 45.5 Å². The minimum Gasteiger partial charge on any atom is -0.304 e. The van der Waals surface area contributed by atoms with Crippen molar-refractivity contribution in [3.8, 4) is 0 Å². The highest BCUT2D eigenvalue weighted by atomic mass is 32.1. The van der Waals surface area contributed by atoms with Crippen molar-refractivity contribution in [3.05, 3.63) is 0 Å². The Kier molecular flexibility index (Phi) is 5.19. The smallest absolute Gasteiger partial charge is 0.0110 e. The summed E-state index contributed by atoms with van der Waals surface area (Å²) in [6.07, 6.45) is 8.55. The fourth-order valence-corrected chi connectivity index (χ4v) is 3.74. The van der Waals surface area contributed by atoms with Crippen LogP contribution in [0.4, 0.5) is 0 Å². The van der Waals surface area contributed by atoms with E-state index >= 15 is 0 Å². The molecule has 0 aromatic carbocycles. The summed E-state index contributed by atoms with van der Waals surface area (Å²) in [7, 11) is 2.23. The summed E-state index contributed by atoms with van der Waals surface area (Å²) in [6.45, 7) is 6.29. The Morgan fingerprint density at radius 2 is 1.53 bits per heavy atom. The van der Waals surface area contributed by atoms with Gasteiger partial charge in [0.1, 0.15) is 0 Å². The van der Waals surface area contributed by atoms with E-state index in [0.29, 0.717) is 5.41 Å². The third kappa shape index (κ3) is 3.87. The number of likely N-dealkylation sites (N-methyl/N-ethyl adjacent to an activating group) is 1. The lowest BCUT2D eigenvalue weighted by Gasteiger charge is -2.40. The molecule has 2 fully saturated rings. The van der Waals surface area contributed by atoms with E-state index in [1.165, 1.54) is 71.2 Å². The molecule has 1 heterocycles. The van der Waals surface area contributed by atoms with Crippen LogP contribution in [0.3, 0.4) is 0 Å². The van der Waals surface area contributed by atoms with Crippen LogP contribution in [-0.2, 0) is 0 Å². The Balaban J connectivity index is 1.89. The molecule has 2 aliphatic rings.